The van der Waals surface area contributed by atoms with Crippen LogP contribution in [-0.2, 0) is 33.4 Å². The van der Waals surface area contributed by atoms with Gasteiger partial charge in [0.25, 0.3) is 0 Å². The monoisotopic (exact) mass is 471 g/mol. The smallest absolute Gasteiger partial charge is 0.302 e. The zero-order valence-corrected chi connectivity index (χ0v) is 19.0. The Bertz CT molecular complexity index is 1180. The summed E-state index contributed by atoms with van der Waals surface area (Å²) in [6, 6.07) is 7.48. The maximum Gasteiger partial charge on any atom is 0.302 e. The number of fused-ring (bicyclic) bond motifs is 3. The first kappa shape index (κ1) is 24.4. The fourth-order valence-corrected chi connectivity index (χ4v) is 3.18. The molecule has 12 nitrogen and oxygen atoms in total. The van der Waals surface area contributed by atoms with E-state index in [-0.39, 0.29) is 26.4 Å². The summed E-state index contributed by atoms with van der Waals surface area (Å²) in [7, 11) is 0. The minimum Gasteiger partial charge on any atom is -0.463 e. The summed E-state index contributed by atoms with van der Waals surface area (Å²) < 4.78 is 17.0. The number of ether oxygens (including phenoxy) is 3. The van der Waals surface area contributed by atoms with Crippen molar-refractivity contribution >= 4 is 46.3 Å². The summed E-state index contributed by atoms with van der Waals surface area (Å²) in [5.41, 5.74) is 0.594. The van der Waals surface area contributed by atoms with Gasteiger partial charge in [0, 0.05) is 33.2 Å². The van der Waals surface area contributed by atoms with Gasteiger partial charge < -0.3 is 24.8 Å². The molecule has 3 rings (SSSR count). The predicted molar refractivity (Wildman–Crippen MR) is 120 cm³/mol. The number of carbonyl (C=O) groups excluding carboxylic acids is 4. The molecule has 0 fully saturated rings. The molecule has 2 N–H and O–H groups in total. The van der Waals surface area contributed by atoms with Gasteiger partial charge in [0.15, 0.2) is 11.5 Å². The number of rotatable bonds is 10. The van der Waals surface area contributed by atoms with Crippen molar-refractivity contribution in [3.8, 4) is 0 Å². The molecule has 0 aliphatic rings. The molecule has 1 amide bonds. The van der Waals surface area contributed by atoms with Crippen molar-refractivity contribution in [2.45, 2.75) is 26.3 Å². The van der Waals surface area contributed by atoms with Crippen molar-refractivity contribution in [1.82, 2.24) is 19.7 Å². The number of benzene rings is 1. The molecule has 0 unspecified atom stereocenters. The molecule has 0 saturated heterocycles. The summed E-state index contributed by atoms with van der Waals surface area (Å²) in [6.45, 7) is 2.18. The lowest BCUT2D eigenvalue weighted by Gasteiger charge is -2.32. The van der Waals surface area contributed by atoms with Crippen molar-refractivity contribution < 1.29 is 33.4 Å². The van der Waals surface area contributed by atoms with Gasteiger partial charge in [-0.25, -0.2) is 9.97 Å². The number of carbonyl (C=O) groups is 4. The standard InChI is InChI=1S/C22H25N5O7/c1-14(28)32-11-22(12-33-15(2)29,13-34-16(3)30)26-19(31)10-24-20-21-23-8-9-27(21)18-7-5-4-6-17(18)25-20/h4-9H,10-13H2,1-3H3,(H,24,25)(H,26,31). The summed E-state index contributed by atoms with van der Waals surface area (Å²) in [5.74, 6) is -2.03. The third-order valence-electron chi connectivity index (χ3n) is 4.70. The van der Waals surface area contributed by atoms with Gasteiger partial charge in [0.2, 0.25) is 5.91 Å². The van der Waals surface area contributed by atoms with E-state index in [4.69, 9.17) is 14.2 Å². The Hall–Kier alpha value is -4.22. The quantitative estimate of drug-likeness (QED) is 0.322. The fraction of sp³-hybridized carbons (Fsp3) is 0.364. The van der Waals surface area contributed by atoms with Crippen LogP contribution in [0.4, 0.5) is 5.82 Å². The van der Waals surface area contributed by atoms with Crippen LogP contribution < -0.4 is 10.6 Å². The lowest BCUT2D eigenvalue weighted by Crippen LogP contribution is -2.60. The van der Waals surface area contributed by atoms with Crippen molar-refractivity contribution in [1.29, 1.82) is 0 Å². The van der Waals surface area contributed by atoms with Crippen molar-refractivity contribution in [2.75, 3.05) is 31.7 Å². The third kappa shape index (κ3) is 6.18. The molecule has 0 saturated carbocycles. The van der Waals surface area contributed by atoms with Gasteiger partial charge in [-0.3, -0.25) is 23.6 Å². The average Bonchev–Trinajstić information content (AvgIpc) is 3.29. The van der Waals surface area contributed by atoms with Gasteiger partial charge in [-0.05, 0) is 12.1 Å². The van der Waals surface area contributed by atoms with E-state index in [9.17, 15) is 19.2 Å². The molecule has 2 heterocycles. The average molecular weight is 471 g/mol. The number of nitrogens with one attached hydrogen (secondary N) is 2. The Kier molecular flexibility index (Phi) is 7.61. The van der Waals surface area contributed by atoms with Crippen molar-refractivity contribution in [3.63, 3.8) is 0 Å². The number of nitrogens with zero attached hydrogens (tertiary/aromatic N) is 3. The largest absolute Gasteiger partial charge is 0.463 e. The van der Waals surface area contributed by atoms with Crippen LogP contribution >= 0.6 is 0 Å². The van der Waals surface area contributed by atoms with Crippen LogP contribution in [0.5, 0.6) is 0 Å². The predicted octanol–water partition coefficient (Wildman–Crippen LogP) is 0.839. The molecular weight excluding hydrogens is 446 g/mol. The van der Waals surface area contributed by atoms with Crippen LogP contribution in [0.1, 0.15) is 20.8 Å². The maximum absolute atomic E-state index is 12.9. The third-order valence-corrected chi connectivity index (χ3v) is 4.70. The molecule has 0 radical (unpaired) electrons. The van der Waals surface area contributed by atoms with E-state index < -0.39 is 29.4 Å². The highest BCUT2D eigenvalue weighted by Gasteiger charge is 2.37. The Morgan fingerprint density at radius 2 is 1.53 bits per heavy atom. The number of amides is 1. The number of para-hydroxylation sites is 2. The number of hydrogen-bond acceptors (Lipinski definition) is 10. The lowest BCUT2D eigenvalue weighted by atomic mass is 10.0. The van der Waals surface area contributed by atoms with Gasteiger partial charge >= 0.3 is 17.9 Å². The van der Waals surface area contributed by atoms with Crippen LogP contribution in [-0.4, -0.2) is 70.1 Å². The van der Waals surface area contributed by atoms with Crippen LogP contribution in [0.25, 0.3) is 16.7 Å². The van der Waals surface area contributed by atoms with E-state index in [0.29, 0.717) is 17.0 Å². The first-order valence-corrected chi connectivity index (χ1v) is 10.4. The first-order valence-electron chi connectivity index (χ1n) is 10.4. The van der Waals surface area contributed by atoms with Crippen molar-refractivity contribution in [3.05, 3.63) is 36.7 Å². The van der Waals surface area contributed by atoms with Gasteiger partial charge in [-0.1, -0.05) is 12.1 Å². The van der Waals surface area contributed by atoms with Crippen LogP contribution in [0.3, 0.4) is 0 Å². The summed E-state index contributed by atoms with van der Waals surface area (Å²) in [6.07, 6.45) is 3.41. The molecule has 180 valence electrons. The zero-order chi connectivity index (χ0) is 24.7. The Morgan fingerprint density at radius 1 is 0.941 bits per heavy atom. The number of esters is 3. The van der Waals surface area contributed by atoms with Gasteiger partial charge in [0.1, 0.15) is 25.4 Å². The number of aromatic nitrogens is 3. The molecule has 2 aromatic heterocycles. The lowest BCUT2D eigenvalue weighted by molar-refractivity contribution is -0.156. The molecule has 0 aliphatic carbocycles. The van der Waals surface area contributed by atoms with E-state index in [1.165, 1.54) is 20.8 Å². The minimum absolute atomic E-state index is 0.240. The second-order valence-corrected chi connectivity index (χ2v) is 7.59. The van der Waals surface area contributed by atoms with Gasteiger partial charge in [-0.2, -0.15) is 0 Å². The van der Waals surface area contributed by atoms with Crippen LogP contribution in [0, 0.1) is 0 Å². The second kappa shape index (κ2) is 10.6. The number of imidazole rings is 1. The van der Waals surface area contributed by atoms with Crippen molar-refractivity contribution in [2.24, 2.45) is 0 Å². The molecule has 12 heteroatoms. The number of hydrogen-bond donors (Lipinski definition) is 2. The van der Waals surface area contributed by atoms with E-state index in [1.807, 2.05) is 28.7 Å². The SMILES string of the molecule is CC(=O)OCC(COC(C)=O)(COC(C)=O)NC(=O)CNc1nc2ccccc2n2ccnc12. The zero-order valence-electron chi connectivity index (χ0n) is 19.0. The van der Waals surface area contributed by atoms with Crippen LogP contribution in [0.15, 0.2) is 36.7 Å². The molecule has 0 atom stereocenters. The molecule has 0 aliphatic heterocycles. The molecule has 0 spiro atoms. The van der Waals surface area contributed by atoms with Gasteiger partial charge in [-0.15, -0.1) is 0 Å². The molecule has 3 aromatic rings. The Morgan fingerprint density at radius 3 is 2.12 bits per heavy atom. The van der Waals surface area contributed by atoms with E-state index in [0.717, 1.165) is 5.52 Å². The molecular formula is C22H25N5O7. The highest BCUT2D eigenvalue weighted by Crippen LogP contribution is 2.20. The van der Waals surface area contributed by atoms with Gasteiger partial charge in [0.05, 0.1) is 17.6 Å². The highest BCUT2D eigenvalue weighted by atomic mass is 16.6. The normalized spacial score (nSPS) is 11.1. The van der Waals surface area contributed by atoms with E-state index in [2.05, 4.69) is 20.6 Å². The fourth-order valence-electron chi connectivity index (χ4n) is 3.18. The summed E-state index contributed by atoms with van der Waals surface area (Å²) in [5, 5.41) is 5.61. The Balaban J connectivity index is 1.79. The van der Waals surface area contributed by atoms with Crippen LogP contribution in [0.2, 0.25) is 0 Å². The Labute approximate surface area is 194 Å². The second-order valence-electron chi connectivity index (χ2n) is 7.59. The summed E-state index contributed by atoms with van der Waals surface area (Å²) >= 11 is 0. The van der Waals surface area contributed by atoms with E-state index >= 15 is 0 Å². The highest BCUT2D eigenvalue weighted by molar-refractivity contribution is 5.86. The van der Waals surface area contributed by atoms with E-state index in [1.54, 1.807) is 12.4 Å². The molecule has 1 aromatic carbocycles. The minimum atomic E-state index is -1.48. The maximum atomic E-state index is 12.9. The first-order chi connectivity index (χ1) is 16.2. The summed E-state index contributed by atoms with van der Waals surface area (Å²) in [4.78, 5) is 55.9. The molecule has 0 bridgehead atoms. The topological polar surface area (TPSA) is 150 Å². The molecule has 34 heavy (non-hydrogen) atoms. The number of anilines is 1.